The van der Waals surface area contributed by atoms with Crippen LogP contribution in [0.1, 0.15) is 6.42 Å². The Morgan fingerprint density at radius 1 is 1.24 bits per heavy atom. The summed E-state index contributed by atoms with van der Waals surface area (Å²) in [5.41, 5.74) is 0. The Morgan fingerprint density at radius 3 is 2.24 bits per heavy atom. The molecule has 7 nitrogen and oxygen atoms in total. The van der Waals surface area contributed by atoms with Crippen molar-refractivity contribution >= 4 is 24.5 Å². The smallest absolute Gasteiger partial charge is 0.324 e. The lowest BCUT2D eigenvalue weighted by molar-refractivity contribution is -0.117. The Morgan fingerprint density at radius 2 is 1.82 bits per heavy atom. The Bertz CT molecular complexity index is 420. The first kappa shape index (κ1) is 11.9. The average Bonchev–Trinajstić information content (AvgIpc) is 2.67. The van der Waals surface area contributed by atoms with Crippen LogP contribution >= 0.6 is 12.6 Å². The van der Waals surface area contributed by atoms with Crippen molar-refractivity contribution in [3.8, 4) is 12.0 Å². The van der Waals surface area contributed by atoms with Gasteiger partial charge in [0.15, 0.2) is 0 Å². The molecule has 0 radical (unpaired) electrons. The van der Waals surface area contributed by atoms with Crippen LogP contribution < -0.4 is 14.4 Å². The molecule has 1 aromatic rings. The monoisotopic (exact) mass is 256 g/mol. The third kappa shape index (κ3) is 2.41. The normalized spacial score (nSPS) is 19.6. The van der Waals surface area contributed by atoms with Crippen LogP contribution in [0, 0.1) is 0 Å². The zero-order chi connectivity index (χ0) is 12.4. The van der Waals surface area contributed by atoms with Crippen molar-refractivity contribution in [1.29, 1.82) is 0 Å². The number of ether oxygens (including phenoxy) is 2. The molecule has 8 heteroatoms. The van der Waals surface area contributed by atoms with Crippen LogP contribution in [0.2, 0.25) is 0 Å². The number of aromatic nitrogens is 3. The molecule has 2 heterocycles. The highest BCUT2D eigenvalue weighted by molar-refractivity contribution is 7.81. The van der Waals surface area contributed by atoms with E-state index in [1.807, 2.05) is 0 Å². The van der Waals surface area contributed by atoms with Gasteiger partial charge >= 0.3 is 12.0 Å². The van der Waals surface area contributed by atoms with Crippen molar-refractivity contribution in [2.24, 2.45) is 0 Å². The van der Waals surface area contributed by atoms with E-state index < -0.39 is 0 Å². The number of hydrogen-bond donors (Lipinski definition) is 1. The molecule has 1 aliphatic rings. The van der Waals surface area contributed by atoms with Gasteiger partial charge in [0.05, 0.1) is 14.2 Å². The summed E-state index contributed by atoms with van der Waals surface area (Å²) in [4.78, 5) is 25.0. The Labute approximate surface area is 104 Å². The maximum absolute atomic E-state index is 11.7. The van der Waals surface area contributed by atoms with E-state index in [2.05, 4.69) is 27.6 Å². The van der Waals surface area contributed by atoms with Crippen LogP contribution in [-0.4, -0.2) is 46.9 Å². The van der Waals surface area contributed by atoms with Gasteiger partial charge in [-0.05, 0) is 0 Å². The SMILES string of the molecule is COc1nc(OC)nc(N2CC(S)CC2=O)n1. The lowest BCUT2D eigenvalue weighted by Crippen LogP contribution is -2.27. The zero-order valence-corrected chi connectivity index (χ0v) is 10.3. The number of rotatable bonds is 3. The number of carbonyl (C=O) groups is 1. The summed E-state index contributed by atoms with van der Waals surface area (Å²) in [7, 11) is 2.87. The minimum atomic E-state index is -0.0692. The fraction of sp³-hybridized carbons (Fsp3) is 0.556. The van der Waals surface area contributed by atoms with Gasteiger partial charge in [0.1, 0.15) is 0 Å². The lowest BCUT2D eigenvalue weighted by Gasteiger charge is -2.14. The molecule has 1 aliphatic heterocycles. The maximum atomic E-state index is 11.7. The summed E-state index contributed by atoms with van der Waals surface area (Å²) in [5, 5.41) is -0.00347. The van der Waals surface area contributed by atoms with Gasteiger partial charge in [0, 0.05) is 18.2 Å². The van der Waals surface area contributed by atoms with E-state index in [1.165, 1.54) is 19.1 Å². The second kappa shape index (κ2) is 4.74. The molecule has 92 valence electrons. The van der Waals surface area contributed by atoms with Crippen LogP contribution in [0.25, 0.3) is 0 Å². The van der Waals surface area contributed by atoms with Gasteiger partial charge in [-0.1, -0.05) is 0 Å². The maximum Gasteiger partial charge on any atom is 0.324 e. The number of thiol groups is 1. The first-order valence-corrected chi connectivity index (χ1v) is 5.48. The van der Waals surface area contributed by atoms with E-state index in [0.717, 1.165) is 0 Å². The summed E-state index contributed by atoms with van der Waals surface area (Å²) < 4.78 is 9.84. The predicted molar refractivity (Wildman–Crippen MR) is 62.7 cm³/mol. The molecule has 1 aromatic heterocycles. The van der Waals surface area contributed by atoms with Gasteiger partial charge in [0.2, 0.25) is 11.9 Å². The number of nitrogens with zero attached hydrogens (tertiary/aromatic N) is 4. The molecule has 2 rings (SSSR count). The van der Waals surface area contributed by atoms with Crippen molar-refractivity contribution < 1.29 is 14.3 Å². The summed E-state index contributed by atoms with van der Waals surface area (Å²) in [6.07, 6.45) is 0.374. The van der Waals surface area contributed by atoms with E-state index >= 15 is 0 Å². The topological polar surface area (TPSA) is 77.4 Å². The van der Waals surface area contributed by atoms with Crippen LogP contribution in [-0.2, 0) is 4.79 Å². The predicted octanol–water partition coefficient (Wildman–Crippen LogP) is -0.0761. The molecule has 1 saturated heterocycles. The molecule has 1 atom stereocenters. The Hall–Kier alpha value is -1.57. The summed E-state index contributed by atoms with van der Waals surface area (Å²) in [6.45, 7) is 0.471. The molecule has 0 N–H and O–H groups in total. The van der Waals surface area contributed by atoms with Crippen molar-refractivity contribution in [2.75, 3.05) is 25.7 Å². The Kier molecular flexibility index (Phi) is 3.32. The summed E-state index contributed by atoms with van der Waals surface area (Å²) in [6, 6.07) is 0.226. The largest absolute Gasteiger partial charge is 0.467 e. The van der Waals surface area contributed by atoms with Gasteiger partial charge in [-0.2, -0.15) is 22.6 Å². The van der Waals surface area contributed by atoms with Crippen LogP contribution in [0.3, 0.4) is 0 Å². The molecule has 1 fully saturated rings. The molecular weight excluding hydrogens is 244 g/mol. The Balaban J connectivity index is 2.34. The van der Waals surface area contributed by atoms with E-state index in [-0.39, 0.29) is 29.1 Å². The minimum Gasteiger partial charge on any atom is -0.467 e. The molecule has 0 saturated carbocycles. The number of anilines is 1. The average molecular weight is 256 g/mol. The molecule has 1 amide bonds. The van der Waals surface area contributed by atoms with Crippen LogP contribution in [0.15, 0.2) is 0 Å². The number of hydrogen-bond acceptors (Lipinski definition) is 7. The third-order valence-electron chi connectivity index (χ3n) is 2.29. The first-order valence-electron chi connectivity index (χ1n) is 4.96. The highest BCUT2D eigenvalue weighted by Gasteiger charge is 2.31. The fourth-order valence-corrected chi connectivity index (χ4v) is 1.83. The summed E-state index contributed by atoms with van der Waals surface area (Å²) in [5.74, 6) is 0.163. The fourth-order valence-electron chi connectivity index (χ4n) is 1.51. The van der Waals surface area contributed by atoms with Gasteiger partial charge in [-0.25, -0.2) is 0 Å². The van der Waals surface area contributed by atoms with E-state index in [1.54, 1.807) is 0 Å². The van der Waals surface area contributed by atoms with Gasteiger partial charge in [-0.15, -0.1) is 4.98 Å². The van der Waals surface area contributed by atoms with E-state index in [9.17, 15) is 4.79 Å². The second-order valence-electron chi connectivity index (χ2n) is 3.47. The first-order chi connectivity index (χ1) is 8.13. The number of methoxy groups -OCH3 is 2. The van der Waals surface area contributed by atoms with Crippen molar-refractivity contribution in [1.82, 2.24) is 15.0 Å². The van der Waals surface area contributed by atoms with Crippen molar-refractivity contribution in [3.63, 3.8) is 0 Å². The van der Waals surface area contributed by atoms with Crippen molar-refractivity contribution in [2.45, 2.75) is 11.7 Å². The van der Waals surface area contributed by atoms with Gasteiger partial charge in [0.25, 0.3) is 0 Å². The molecule has 0 aliphatic carbocycles. The third-order valence-corrected chi connectivity index (χ3v) is 2.64. The second-order valence-corrected chi connectivity index (χ2v) is 4.20. The molecule has 0 spiro atoms. The molecule has 0 bridgehead atoms. The van der Waals surface area contributed by atoms with E-state index in [4.69, 9.17) is 9.47 Å². The molecular formula is C9H12N4O3S. The summed E-state index contributed by atoms with van der Waals surface area (Å²) >= 11 is 4.26. The van der Waals surface area contributed by atoms with Crippen LogP contribution in [0.5, 0.6) is 12.0 Å². The number of carbonyl (C=O) groups excluding carboxylic acids is 1. The van der Waals surface area contributed by atoms with Crippen molar-refractivity contribution in [3.05, 3.63) is 0 Å². The minimum absolute atomic E-state index is 0.00347. The zero-order valence-electron chi connectivity index (χ0n) is 9.45. The highest BCUT2D eigenvalue weighted by Crippen LogP contribution is 2.23. The number of amides is 1. The van der Waals surface area contributed by atoms with Gasteiger partial charge in [-0.3, -0.25) is 9.69 Å². The van der Waals surface area contributed by atoms with E-state index in [0.29, 0.717) is 13.0 Å². The van der Waals surface area contributed by atoms with Crippen LogP contribution in [0.4, 0.5) is 5.95 Å². The molecule has 0 aromatic carbocycles. The van der Waals surface area contributed by atoms with Gasteiger partial charge < -0.3 is 9.47 Å². The standard InChI is InChI=1S/C9H12N4O3S/c1-15-8-10-7(11-9(12-8)16-2)13-4-5(17)3-6(13)14/h5,17H,3-4H2,1-2H3. The molecule has 17 heavy (non-hydrogen) atoms. The molecule has 1 unspecified atom stereocenters. The lowest BCUT2D eigenvalue weighted by atomic mass is 10.4. The highest BCUT2D eigenvalue weighted by atomic mass is 32.1. The quantitative estimate of drug-likeness (QED) is 0.762.